The minimum atomic E-state index is 0.524. The van der Waals surface area contributed by atoms with E-state index in [0.717, 1.165) is 23.4 Å². The van der Waals surface area contributed by atoms with Crippen molar-refractivity contribution in [3.05, 3.63) is 17.0 Å². The minimum Gasteiger partial charge on any atom is -0.356 e. The highest BCUT2D eigenvalue weighted by molar-refractivity contribution is 9.10. The van der Waals surface area contributed by atoms with E-state index in [2.05, 4.69) is 44.6 Å². The van der Waals surface area contributed by atoms with Gasteiger partial charge in [0.2, 0.25) is 0 Å². The molecule has 0 N–H and O–H groups in total. The van der Waals surface area contributed by atoms with E-state index in [1.54, 1.807) is 6.33 Å². The van der Waals surface area contributed by atoms with Gasteiger partial charge in [0.1, 0.15) is 12.1 Å². The summed E-state index contributed by atoms with van der Waals surface area (Å²) in [6.45, 7) is 6.87. The van der Waals surface area contributed by atoms with Gasteiger partial charge in [-0.15, -0.1) is 0 Å². The Morgan fingerprint density at radius 3 is 2.69 bits per heavy atom. The van der Waals surface area contributed by atoms with E-state index < -0.39 is 0 Å². The van der Waals surface area contributed by atoms with Crippen molar-refractivity contribution in [3.63, 3.8) is 0 Å². The summed E-state index contributed by atoms with van der Waals surface area (Å²) in [5, 5.41) is 0. The summed E-state index contributed by atoms with van der Waals surface area (Å²) >= 11 is 3.51. The molecule has 0 bridgehead atoms. The summed E-state index contributed by atoms with van der Waals surface area (Å²) < 4.78 is 0.995. The van der Waals surface area contributed by atoms with E-state index in [-0.39, 0.29) is 0 Å². The lowest BCUT2D eigenvalue weighted by molar-refractivity contribution is 0.237. The first-order chi connectivity index (χ1) is 7.64. The monoisotopic (exact) mass is 283 g/mol. The number of nitrogens with zero attached hydrogens (tertiary/aromatic N) is 3. The second-order valence-electron chi connectivity index (χ2n) is 4.85. The third-order valence-electron chi connectivity index (χ3n) is 3.77. The van der Waals surface area contributed by atoms with Crippen LogP contribution in [0.5, 0.6) is 0 Å². The van der Waals surface area contributed by atoms with Crippen molar-refractivity contribution in [2.45, 2.75) is 33.1 Å². The topological polar surface area (TPSA) is 29.0 Å². The molecule has 1 aromatic heterocycles. The molecule has 0 aromatic carbocycles. The molecule has 0 aliphatic carbocycles. The number of halogens is 1. The maximum atomic E-state index is 4.34. The quantitative estimate of drug-likeness (QED) is 0.834. The fourth-order valence-corrected chi connectivity index (χ4v) is 2.62. The fourth-order valence-electron chi connectivity index (χ4n) is 2.15. The predicted molar refractivity (Wildman–Crippen MR) is 69.6 cm³/mol. The van der Waals surface area contributed by atoms with Crippen LogP contribution in [0.15, 0.2) is 17.0 Å². The van der Waals surface area contributed by atoms with Gasteiger partial charge in [-0.25, -0.2) is 9.97 Å². The van der Waals surface area contributed by atoms with Gasteiger partial charge in [-0.1, -0.05) is 20.3 Å². The molecule has 4 heteroatoms. The molecule has 0 spiro atoms. The molecule has 88 valence electrons. The summed E-state index contributed by atoms with van der Waals surface area (Å²) in [7, 11) is 0. The molecule has 2 rings (SSSR count). The Morgan fingerprint density at radius 1 is 1.44 bits per heavy atom. The van der Waals surface area contributed by atoms with E-state index in [4.69, 9.17) is 0 Å². The lowest BCUT2D eigenvalue weighted by Crippen LogP contribution is -2.39. The van der Waals surface area contributed by atoms with Crippen molar-refractivity contribution in [1.82, 2.24) is 9.97 Å². The highest BCUT2D eigenvalue weighted by Crippen LogP contribution is 2.36. The number of aromatic nitrogens is 2. The summed E-state index contributed by atoms with van der Waals surface area (Å²) in [6, 6.07) is 0. The van der Waals surface area contributed by atoms with Crippen LogP contribution in [0.2, 0.25) is 0 Å². The zero-order chi connectivity index (χ0) is 11.6. The van der Waals surface area contributed by atoms with Crippen molar-refractivity contribution in [3.8, 4) is 0 Å². The molecule has 0 saturated carbocycles. The number of hydrogen-bond acceptors (Lipinski definition) is 3. The van der Waals surface area contributed by atoms with E-state index in [1.807, 2.05) is 6.20 Å². The van der Waals surface area contributed by atoms with Crippen LogP contribution < -0.4 is 4.90 Å². The summed E-state index contributed by atoms with van der Waals surface area (Å²) in [4.78, 5) is 10.7. The van der Waals surface area contributed by atoms with Gasteiger partial charge < -0.3 is 4.90 Å². The lowest BCUT2D eigenvalue weighted by Gasteiger charge is -2.39. The van der Waals surface area contributed by atoms with Crippen LogP contribution in [-0.4, -0.2) is 23.1 Å². The average Bonchev–Trinajstić information content (AvgIpc) is 2.31. The second-order valence-corrected chi connectivity index (χ2v) is 5.70. The SMILES string of the molecule is CCC1(C)CCN(c2ncncc2Br)CC1. The van der Waals surface area contributed by atoms with Gasteiger partial charge in [0.15, 0.2) is 0 Å². The van der Waals surface area contributed by atoms with Gasteiger partial charge in [0.05, 0.1) is 4.47 Å². The molecule has 0 radical (unpaired) electrons. The Hall–Kier alpha value is -0.640. The van der Waals surface area contributed by atoms with E-state index in [0.29, 0.717) is 5.41 Å². The Labute approximate surface area is 105 Å². The predicted octanol–water partition coefficient (Wildman–Crippen LogP) is 3.26. The van der Waals surface area contributed by atoms with Crippen LogP contribution in [0.25, 0.3) is 0 Å². The van der Waals surface area contributed by atoms with Crippen LogP contribution >= 0.6 is 15.9 Å². The molecular weight excluding hydrogens is 266 g/mol. The third-order valence-corrected chi connectivity index (χ3v) is 4.33. The molecule has 1 aliphatic rings. The first-order valence-electron chi connectivity index (χ1n) is 5.85. The molecule has 1 aromatic rings. The zero-order valence-electron chi connectivity index (χ0n) is 9.91. The van der Waals surface area contributed by atoms with Crippen LogP contribution in [0.4, 0.5) is 5.82 Å². The van der Waals surface area contributed by atoms with Crippen LogP contribution in [0, 0.1) is 5.41 Å². The number of piperidine rings is 1. The average molecular weight is 284 g/mol. The van der Waals surface area contributed by atoms with Crippen molar-refractivity contribution < 1.29 is 0 Å². The molecule has 0 unspecified atom stereocenters. The van der Waals surface area contributed by atoms with Gasteiger partial charge in [0, 0.05) is 19.3 Å². The Bertz CT molecular complexity index is 359. The second kappa shape index (κ2) is 4.70. The van der Waals surface area contributed by atoms with Crippen molar-refractivity contribution in [1.29, 1.82) is 0 Å². The molecule has 0 amide bonds. The van der Waals surface area contributed by atoms with Crippen LogP contribution in [0.1, 0.15) is 33.1 Å². The molecule has 2 heterocycles. The molecule has 16 heavy (non-hydrogen) atoms. The number of anilines is 1. The number of rotatable bonds is 2. The Balaban J connectivity index is 2.07. The van der Waals surface area contributed by atoms with E-state index in [9.17, 15) is 0 Å². The third kappa shape index (κ3) is 2.37. The Kier molecular flexibility index (Phi) is 3.47. The Morgan fingerprint density at radius 2 is 2.12 bits per heavy atom. The van der Waals surface area contributed by atoms with Gasteiger partial charge in [-0.05, 0) is 34.2 Å². The van der Waals surface area contributed by atoms with Gasteiger partial charge in [-0.3, -0.25) is 0 Å². The van der Waals surface area contributed by atoms with Crippen molar-refractivity contribution >= 4 is 21.7 Å². The minimum absolute atomic E-state index is 0.524. The van der Waals surface area contributed by atoms with E-state index in [1.165, 1.54) is 19.3 Å². The van der Waals surface area contributed by atoms with Gasteiger partial charge >= 0.3 is 0 Å². The van der Waals surface area contributed by atoms with Crippen molar-refractivity contribution in [2.24, 2.45) is 5.41 Å². The smallest absolute Gasteiger partial charge is 0.146 e. The highest BCUT2D eigenvalue weighted by atomic mass is 79.9. The highest BCUT2D eigenvalue weighted by Gasteiger charge is 2.29. The zero-order valence-corrected chi connectivity index (χ0v) is 11.5. The first kappa shape index (κ1) is 11.8. The van der Waals surface area contributed by atoms with Gasteiger partial charge in [-0.2, -0.15) is 0 Å². The molecule has 1 fully saturated rings. The molecule has 3 nitrogen and oxygen atoms in total. The number of hydrogen-bond donors (Lipinski definition) is 0. The normalized spacial score (nSPS) is 19.8. The van der Waals surface area contributed by atoms with Gasteiger partial charge in [0.25, 0.3) is 0 Å². The van der Waals surface area contributed by atoms with Crippen LogP contribution in [0.3, 0.4) is 0 Å². The lowest BCUT2D eigenvalue weighted by atomic mass is 9.78. The molecule has 1 saturated heterocycles. The fraction of sp³-hybridized carbons (Fsp3) is 0.667. The maximum absolute atomic E-state index is 4.34. The molecule has 1 aliphatic heterocycles. The summed E-state index contributed by atoms with van der Waals surface area (Å²) in [6.07, 6.45) is 7.20. The van der Waals surface area contributed by atoms with Crippen molar-refractivity contribution in [2.75, 3.05) is 18.0 Å². The standard InChI is InChI=1S/C12H18BrN3/c1-3-12(2)4-6-16(7-5-12)11-10(13)8-14-9-15-11/h8-9H,3-7H2,1-2H3. The van der Waals surface area contributed by atoms with E-state index >= 15 is 0 Å². The summed E-state index contributed by atoms with van der Waals surface area (Å²) in [5.41, 5.74) is 0.524. The maximum Gasteiger partial charge on any atom is 0.146 e. The summed E-state index contributed by atoms with van der Waals surface area (Å²) in [5.74, 6) is 1.04. The first-order valence-corrected chi connectivity index (χ1v) is 6.64. The molecule has 0 atom stereocenters. The van der Waals surface area contributed by atoms with Crippen LogP contribution in [-0.2, 0) is 0 Å². The molecular formula is C12H18BrN3. The largest absolute Gasteiger partial charge is 0.356 e.